The van der Waals surface area contributed by atoms with Crippen LogP contribution in [0.3, 0.4) is 0 Å². The molecule has 2 atom stereocenters. The van der Waals surface area contributed by atoms with Crippen LogP contribution in [0.25, 0.3) is 11.5 Å². The van der Waals surface area contributed by atoms with E-state index in [0.29, 0.717) is 28.8 Å². The van der Waals surface area contributed by atoms with Crippen LogP contribution in [-0.4, -0.2) is 27.9 Å². The number of rotatable bonds is 5. The summed E-state index contributed by atoms with van der Waals surface area (Å²) in [6.45, 7) is 2.21. The fourth-order valence-corrected chi connectivity index (χ4v) is 3.95. The van der Waals surface area contributed by atoms with Gasteiger partial charge in [0.1, 0.15) is 0 Å². The van der Waals surface area contributed by atoms with Crippen LogP contribution in [0.4, 0.5) is 0 Å². The molecule has 0 unspecified atom stereocenters. The van der Waals surface area contributed by atoms with E-state index < -0.39 is 0 Å². The smallest absolute Gasteiger partial charge is 0.277 e. The standard InChI is InChI=1S/C17H20BrN3O2S/c1-11-6-2-5-9-14(11)19-15(22)10-24-17-21-20-16(23-17)12-7-3-4-8-13(12)18/h3-4,7-8,11,14H,2,5-6,9-10H2,1H3,(H,19,22)/t11-,14-/m1/s1. The van der Waals surface area contributed by atoms with Gasteiger partial charge in [0, 0.05) is 10.5 Å². The van der Waals surface area contributed by atoms with E-state index in [2.05, 4.69) is 38.4 Å². The van der Waals surface area contributed by atoms with Gasteiger partial charge in [0.05, 0.1) is 11.3 Å². The van der Waals surface area contributed by atoms with Crippen molar-refractivity contribution in [1.29, 1.82) is 0 Å². The Hall–Kier alpha value is -1.34. The number of hydrogen-bond donors (Lipinski definition) is 1. The van der Waals surface area contributed by atoms with E-state index in [-0.39, 0.29) is 5.91 Å². The van der Waals surface area contributed by atoms with Gasteiger partial charge in [-0.25, -0.2) is 0 Å². The quantitative estimate of drug-likeness (QED) is 0.745. The van der Waals surface area contributed by atoms with Gasteiger partial charge in [-0.05, 0) is 46.8 Å². The summed E-state index contributed by atoms with van der Waals surface area (Å²) in [5, 5.41) is 11.6. The first-order chi connectivity index (χ1) is 11.6. The number of halogens is 1. The second-order valence-electron chi connectivity index (χ2n) is 6.08. The molecule has 24 heavy (non-hydrogen) atoms. The van der Waals surface area contributed by atoms with Gasteiger partial charge in [-0.3, -0.25) is 4.79 Å². The van der Waals surface area contributed by atoms with Crippen LogP contribution in [0.2, 0.25) is 0 Å². The summed E-state index contributed by atoms with van der Waals surface area (Å²) >= 11 is 4.74. The Morgan fingerprint density at radius 1 is 1.33 bits per heavy atom. The lowest BCUT2D eigenvalue weighted by atomic mass is 9.86. The highest BCUT2D eigenvalue weighted by atomic mass is 79.9. The van der Waals surface area contributed by atoms with Gasteiger partial charge in [-0.15, -0.1) is 10.2 Å². The topological polar surface area (TPSA) is 68.0 Å². The molecule has 5 nitrogen and oxygen atoms in total. The molecule has 0 saturated heterocycles. The van der Waals surface area contributed by atoms with Crippen molar-refractivity contribution in [3.63, 3.8) is 0 Å². The largest absolute Gasteiger partial charge is 0.411 e. The number of thioether (sulfide) groups is 1. The number of nitrogens with zero attached hydrogens (tertiary/aromatic N) is 2. The van der Waals surface area contributed by atoms with Gasteiger partial charge >= 0.3 is 0 Å². The van der Waals surface area contributed by atoms with E-state index in [1.807, 2.05) is 24.3 Å². The van der Waals surface area contributed by atoms with E-state index in [4.69, 9.17) is 4.42 Å². The molecule has 2 aromatic rings. The molecular formula is C17H20BrN3O2S. The second-order valence-corrected chi connectivity index (χ2v) is 7.86. The zero-order valence-electron chi connectivity index (χ0n) is 13.5. The Bertz CT molecular complexity index is 707. The molecule has 1 saturated carbocycles. The summed E-state index contributed by atoms with van der Waals surface area (Å²) < 4.78 is 6.54. The van der Waals surface area contributed by atoms with Crippen molar-refractivity contribution >= 4 is 33.6 Å². The Kier molecular flexibility index (Phi) is 5.94. The number of benzene rings is 1. The fraction of sp³-hybridized carbons (Fsp3) is 0.471. The lowest BCUT2D eigenvalue weighted by Crippen LogP contribution is -2.41. The zero-order chi connectivity index (χ0) is 16.9. The molecule has 1 fully saturated rings. The van der Waals surface area contributed by atoms with Gasteiger partial charge in [0.15, 0.2) is 0 Å². The molecule has 1 N–H and O–H groups in total. The normalized spacial score (nSPS) is 20.8. The molecule has 0 bridgehead atoms. The lowest BCUT2D eigenvalue weighted by molar-refractivity contribution is -0.119. The second kappa shape index (κ2) is 8.16. The van der Waals surface area contributed by atoms with Crippen LogP contribution in [-0.2, 0) is 4.79 Å². The van der Waals surface area contributed by atoms with Gasteiger partial charge in [0.2, 0.25) is 11.8 Å². The number of nitrogens with one attached hydrogen (secondary N) is 1. The molecule has 0 spiro atoms. The summed E-state index contributed by atoms with van der Waals surface area (Å²) in [6.07, 6.45) is 4.73. The third-order valence-corrected chi connectivity index (χ3v) is 5.81. The SMILES string of the molecule is C[C@@H]1CCCC[C@H]1NC(=O)CSc1nnc(-c2ccccc2Br)o1. The van der Waals surface area contributed by atoms with Crippen LogP contribution in [0.15, 0.2) is 38.4 Å². The van der Waals surface area contributed by atoms with Crippen LogP contribution in [0, 0.1) is 5.92 Å². The predicted molar refractivity (Wildman–Crippen MR) is 97.7 cm³/mol. The molecule has 7 heteroatoms. The average Bonchev–Trinajstić information content (AvgIpc) is 3.04. The fourth-order valence-electron chi connectivity index (χ4n) is 2.92. The molecule has 1 heterocycles. The monoisotopic (exact) mass is 409 g/mol. The Morgan fingerprint density at radius 3 is 2.92 bits per heavy atom. The molecule has 1 aliphatic rings. The van der Waals surface area contributed by atoms with Crippen molar-refractivity contribution in [2.45, 2.75) is 43.9 Å². The van der Waals surface area contributed by atoms with Gasteiger partial charge < -0.3 is 9.73 Å². The van der Waals surface area contributed by atoms with Crippen LogP contribution in [0.5, 0.6) is 0 Å². The molecule has 1 aliphatic carbocycles. The first-order valence-electron chi connectivity index (χ1n) is 8.14. The summed E-state index contributed by atoms with van der Waals surface area (Å²) in [7, 11) is 0. The van der Waals surface area contributed by atoms with Crippen molar-refractivity contribution in [2.75, 3.05) is 5.75 Å². The van der Waals surface area contributed by atoms with Gasteiger partial charge in [-0.1, -0.05) is 43.7 Å². The van der Waals surface area contributed by atoms with Crippen molar-refractivity contribution in [2.24, 2.45) is 5.92 Å². The van der Waals surface area contributed by atoms with E-state index in [1.165, 1.54) is 31.0 Å². The zero-order valence-corrected chi connectivity index (χ0v) is 15.9. The summed E-state index contributed by atoms with van der Waals surface area (Å²) in [5.41, 5.74) is 0.845. The number of amides is 1. The highest BCUT2D eigenvalue weighted by Gasteiger charge is 2.23. The third kappa shape index (κ3) is 4.39. The predicted octanol–water partition coefficient (Wildman–Crippen LogP) is 4.29. The summed E-state index contributed by atoms with van der Waals surface area (Å²) in [6, 6.07) is 7.96. The maximum Gasteiger partial charge on any atom is 0.277 e. The minimum absolute atomic E-state index is 0.0272. The van der Waals surface area contributed by atoms with Crippen molar-refractivity contribution in [1.82, 2.24) is 15.5 Å². The van der Waals surface area contributed by atoms with E-state index in [0.717, 1.165) is 16.5 Å². The number of carbonyl (C=O) groups excluding carboxylic acids is 1. The first-order valence-corrected chi connectivity index (χ1v) is 9.92. The molecular weight excluding hydrogens is 390 g/mol. The van der Waals surface area contributed by atoms with Crippen molar-refractivity contribution < 1.29 is 9.21 Å². The van der Waals surface area contributed by atoms with Crippen molar-refractivity contribution in [3.05, 3.63) is 28.7 Å². The Labute approximate surface area is 154 Å². The molecule has 1 aromatic heterocycles. The summed E-state index contributed by atoms with van der Waals surface area (Å²) in [5.74, 6) is 1.32. The average molecular weight is 410 g/mol. The first kappa shape index (κ1) is 17.5. The van der Waals surface area contributed by atoms with Crippen LogP contribution < -0.4 is 5.32 Å². The van der Waals surface area contributed by atoms with E-state index in [9.17, 15) is 4.79 Å². The maximum atomic E-state index is 12.1. The molecule has 0 aliphatic heterocycles. The van der Waals surface area contributed by atoms with Crippen LogP contribution >= 0.6 is 27.7 Å². The highest BCUT2D eigenvalue weighted by Crippen LogP contribution is 2.29. The molecule has 128 valence electrons. The molecule has 0 radical (unpaired) electrons. The maximum absolute atomic E-state index is 12.1. The number of aromatic nitrogens is 2. The molecule has 3 rings (SSSR count). The number of hydrogen-bond acceptors (Lipinski definition) is 5. The highest BCUT2D eigenvalue weighted by molar-refractivity contribution is 9.10. The number of carbonyl (C=O) groups is 1. The lowest BCUT2D eigenvalue weighted by Gasteiger charge is -2.29. The minimum Gasteiger partial charge on any atom is -0.411 e. The van der Waals surface area contributed by atoms with Crippen molar-refractivity contribution in [3.8, 4) is 11.5 Å². The minimum atomic E-state index is 0.0272. The summed E-state index contributed by atoms with van der Waals surface area (Å²) in [4.78, 5) is 12.1. The van der Waals surface area contributed by atoms with Gasteiger partial charge in [0.25, 0.3) is 5.22 Å². The Balaban J connectivity index is 1.54. The van der Waals surface area contributed by atoms with E-state index in [1.54, 1.807) is 0 Å². The third-order valence-electron chi connectivity index (χ3n) is 4.30. The van der Waals surface area contributed by atoms with Crippen LogP contribution in [0.1, 0.15) is 32.6 Å². The van der Waals surface area contributed by atoms with Gasteiger partial charge in [-0.2, -0.15) is 0 Å². The van der Waals surface area contributed by atoms with E-state index >= 15 is 0 Å². The molecule has 1 amide bonds. The Morgan fingerprint density at radius 2 is 2.12 bits per heavy atom. The molecule has 1 aromatic carbocycles.